The second-order valence-electron chi connectivity index (χ2n) is 7.98. The molecule has 0 amide bonds. The van der Waals surface area contributed by atoms with Gasteiger partial charge in [0.05, 0.1) is 24.0 Å². The van der Waals surface area contributed by atoms with Crippen molar-refractivity contribution >= 4 is 10.9 Å². The highest BCUT2D eigenvalue weighted by Crippen LogP contribution is 2.24. The summed E-state index contributed by atoms with van der Waals surface area (Å²) in [7, 11) is 0. The summed E-state index contributed by atoms with van der Waals surface area (Å²) in [6.45, 7) is 12.9. The monoisotopic (exact) mass is 338 g/mol. The van der Waals surface area contributed by atoms with Crippen molar-refractivity contribution in [2.45, 2.75) is 59.5 Å². The zero-order valence-electron chi connectivity index (χ0n) is 15.9. The summed E-state index contributed by atoms with van der Waals surface area (Å²) in [5, 5.41) is 10.0. The fraction of sp³-hybridized carbons (Fsp3) is 0.450. The van der Waals surface area contributed by atoms with Gasteiger partial charge in [-0.2, -0.15) is 10.2 Å². The van der Waals surface area contributed by atoms with E-state index in [0.29, 0.717) is 12.1 Å². The van der Waals surface area contributed by atoms with Crippen molar-refractivity contribution in [2.75, 3.05) is 0 Å². The van der Waals surface area contributed by atoms with Crippen LogP contribution in [0, 0.1) is 6.92 Å². The van der Waals surface area contributed by atoms with E-state index < -0.39 is 0 Å². The molecule has 0 aliphatic carbocycles. The van der Waals surface area contributed by atoms with Crippen molar-refractivity contribution in [2.24, 2.45) is 0 Å². The van der Waals surface area contributed by atoms with Gasteiger partial charge >= 0.3 is 0 Å². The van der Waals surface area contributed by atoms with Crippen molar-refractivity contribution in [3.8, 4) is 0 Å². The molecule has 132 valence electrons. The third-order valence-corrected chi connectivity index (χ3v) is 4.35. The molecule has 3 aromatic rings. The summed E-state index contributed by atoms with van der Waals surface area (Å²) in [5.74, 6) is 0.213. The van der Waals surface area contributed by atoms with E-state index in [1.54, 1.807) is 10.9 Å². The summed E-state index contributed by atoms with van der Waals surface area (Å²) in [6, 6.07) is 8.21. The third-order valence-electron chi connectivity index (χ3n) is 4.35. The van der Waals surface area contributed by atoms with Gasteiger partial charge in [-0.15, -0.1) is 0 Å². The quantitative estimate of drug-likeness (QED) is 0.729. The van der Waals surface area contributed by atoms with Crippen LogP contribution in [0.1, 0.15) is 57.4 Å². The van der Waals surface area contributed by atoms with Crippen LogP contribution < -0.4 is 5.56 Å². The minimum atomic E-state index is -0.266. The van der Waals surface area contributed by atoms with Gasteiger partial charge in [-0.3, -0.25) is 9.48 Å². The predicted octanol–water partition coefficient (Wildman–Crippen LogP) is 3.83. The summed E-state index contributed by atoms with van der Waals surface area (Å²) in [5.41, 5.74) is 3.46. The van der Waals surface area contributed by atoms with Gasteiger partial charge in [-0.1, -0.05) is 43.7 Å². The predicted molar refractivity (Wildman–Crippen MR) is 101 cm³/mol. The van der Waals surface area contributed by atoms with Crippen LogP contribution in [0.2, 0.25) is 0 Å². The molecule has 5 nitrogen and oxygen atoms in total. The topological polar surface area (TPSA) is 52.7 Å². The Hall–Kier alpha value is -2.43. The van der Waals surface area contributed by atoms with Crippen molar-refractivity contribution in [3.63, 3.8) is 0 Å². The smallest absolute Gasteiger partial charge is 0.265 e. The molecule has 0 aliphatic heterocycles. The van der Waals surface area contributed by atoms with Gasteiger partial charge in [0, 0.05) is 5.39 Å². The minimum Gasteiger partial charge on any atom is -0.265 e. The minimum absolute atomic E-state index is 0.0904. The Bertz CT molecular complexity index is 956. The number of hydrogen-bond acceptors (Lipinski definition) is 3. The highest BCUT2D eigenvalue weighted by molar-refractivity contribution is 5.80. The number of benzene rings is 1. The SMILES string of the molecule is Cc1ccc(Cn2nc(C(C)C)c3cnn(C(C)(C)C)c3c2=O)cc1. The molecule has 25 heavy (non-hydrogen) atoms. The van der Waals surface area contributed by atoms with E-state index in [4.69, 9.17) is 0 Å². The lowest BCUT2D eigenvalue weighted by Gasteiger charge is -2.21. The Kier molecular flexibility index (Phi) is 4.27. The second kappa shape index (κ2) is 6.14. The number of fused-ring (bicyclic) bond motifs is 1. The lowest BCUT2D eigenvalue weighted by atomic mass is 10.1. The molecule has 5 heteroatoms. The molecule has 0 radical (unpaired) electrons. The van der Waals surface area contributed by atoms with Gasteiger partial charge in [0.15, 0.2) is 0 Å². The van der Waals surface area contributed by atoms with E-state index >= 15 is 0 Å². The van der Waals surface area contributed by atoms with E-state index in [2.05, 4.69) is 63.9 Å². The third kappa shape index (κ3) is 3.23. The van der Waals surface area contributed by atoms with Crippen LogP contribution in [0.3, 0.4) is 0 Å². The maximum Gasteiger partial charge on any atom is 0.293 e. The second-order valence-corrected chi connectivity index (χ2v) is 7.98. The molecule has 0 unspecified atom stereocenters. The average molecular weight is 338 g/mol. The Labute approximate surface area is 148 Å². The highest BCUT2D eigenvalue weighted by Gasteiger charge is 2.23. The first kappa shape index (κ1) is 17.4. The molecule has 0 N–H and O–H groups in total. The molecule has 0 spiro atoms. The van der Waals surface area contributed by atoms with Gasteiger partial charge in [-0.25, -0.2) is 4.68 Å². The number of nitrogens with zero attached hydrogens (tertiary/aromatic N) is 4. The molecular formula is C20H26N4O. The summed E-state index contributed by atoms with van der Waals surface area (Å²) in [4.78, 5) is 13.1. The van der Waals surface area contributed by atoms with E-state index in [9.17, 15) is 4.79 Å². The first-order valence-corrected chi connectivity index (χ1v) is 8.73. The van der Waals surface area contributed by atoms with Crippen LogP contribution in [0.4, 0.5) is 0 Å². The average Bonchev–Trinajstić information content (AvgIpc) is 2.97. The number of aryl methyl sites for hydroxylation is 1. The summed E-state index contributed by atoms with van der Waals surface area (Å²) >= 11 is 0. The number of rotatable bonds is 3. The molecule has 0 bridgehead atoms. The fourth-order valence-electron chi connectivity index (χ4n) is 3.00. The summed E-state index contributed by atoms with van der Waals surface area (Å²) in [6.07, 6.45) is 1.78. The zero-order valence-corrected chi connectivity index (χ0v) is 15.9. The molecule has 2 aromatic heterocycles. The highest BCUT2D eigenvalue weighted by atomic mass is 16.1. The van der Waals surface area contributed by atoms with Crippen LogP contribution in [0.5, 0.6) is 0 Å². The number of hydrogen-bond donors (Lipinski definition) is 0. The molecular weight excluding hydrogens is 312 g/mol. The Morgan fingerprint density at radius 2 is 1.76 bits per heavy atom. The molecule has 0 aliphatic rings. The van der Waals surface area contributed by atoms with E-state index in [1.165, 1.54) is 5.56 Å². The van der Waals surface area contributed by atoms with Crippen molar-refractivity contribution in [3.05, 3.63) is 57.6 Å². The molecule has 1 aromatic carbocycles. The van der Waals surface area contributed by atoms with E-state index in [1.807, 2.05) is 16.8 Å². The standard InChI is InChI=1S/C20H26N4O/c1-13(2)17-16-11-21-24(20(4,5)6)18(16)19(25)23(22-17)12-15-9-7-14(3)8-10-15/h7-11,13H,12H2,1-6H3. The van der Waals surface area contributed by atoms with Gasteiger partial charge in [0.2, 0.25) is 0 Å². The molecule has 3 rings (SSSR count). The van der Waals surface area contributed by atoms with Crippen molar-refractivity contribution in [1.29, 1.82) is 0 Å². The molecule has 2 heterocycles. The van der Waals surface area contributed by atoms with Gasteiger partial charge in [0.25, 0.3) is 5.56 Å². The van der Waals surface area contributed by atoms with E-state index in [0.717, 1.165) is 16.6 Å². The lowest BCUT2D eigenvalue weighted by Crippen LogP contribution is -2.31. The Morgan fingerprint density at radius 3 is 2.32 bits per heavy atom. The van der Waals surface area contributed by atoms with Gasteiger partial charge in [0.1, 0.15) is 5.52 Å². The Balaban J connectivity index is 2.23. The maximum atomic E-state index is 13.1. The molecule has 0 fully saturated rings. The Morgan fingerprint density at radius 1 is 1.12 bits per heavy atom. The normalized spacial score (nSPS) is 12.3. The van der Waals surface area contributed by atoms with Crippen LogP contribution in [-0.4, -0.2) is 19.6 Å². The maximum absolute atomic E-state index is 13.1. The van der Waals surface area contributed by atoms with Crippen LogP contribution in [0.15, 0.2) is 35.3 Å². The van der Waals surface area contributed by atoms with Crippen LogP contribution in [0.25, 0.3) is 10.9 Å². The summed E-state index contributed by atoms with van der Waals surface area (Å²) < 4.78 is 3.40. The van der Waals surface area contributed by atoms with Crippen molar-refractivity contribution in [1.82, 2.24) is 19.6 Å². The largest absolute Gasteiger partial charge is 0.293 e. The fourth-order valence-corrected chi connectivity index (χ4v) is 3.00. The first-order chi connectivity index (χ1) is 11.7. The lowest BCUT2D eigenvalue weighted by molar-refractivity contribution is 0.366. The van der Waals surface area contributed by atoms with E-state index in [-0.39, 0.29) is 17.0 Å². The van der Waals surface area contributed by atoms with Gasteiger partial charge in [-0.05, 0) is 39.2 Å². The van der Waals surface area contributed by atoms with Crippen molar-refractivity contribution < 1.29 is 0 Å². The van der Waals surface area contributed by atoms with Crippen LogP contribution >= 0.6 is 0 Å². The van der Waals surface area contributed by atoms with Crippen LogP contribution in [-0.2, 0) is 12.1 Å². The first-order valence-electron chi connectivity index (χ1n) is 8.73. The zero-order chi connectivity index (χ0) is 18.4. The molecule has 0 atom stereocenters. The van der Waals surface area contributed by atoms with Gasteiger partial charge < -0.3 is 0 Å². The molecule has 0 saturated carbocycles. The number of aromatic nitrogens is 4. The molecule has 0 saturated heterocycles.